The lowest BCUT2D eigenvalue weighted by molar-refractivity contribution is 0.000661. The van der Waals surface area contributed by atoms with Crippen LogP contribution >= 0.6 is 0 Å². The van der Waals surface area contributed by atoms with E-state index in [1.54, 1.807) is 0 Å². The summed E-state index contributed by atoms with van der Waals surface area (Å²) < 4.78 is 5.99. The number of oxime groups is 1. The number of hydrogen-bond donors (Lipinski definition) is 2. The number of nitrogens with two attached hydrogens (primary N) is 1. The van der Waals surface area contributed by atoms with Crippen molar-refractivity contribution in [1.29, 1.82) is 0 Å². The molecule has 4 nitrogen and oxygen atoms in total. The third kappa shape index (κ3) is 5.31. The molecule has 3 atom stereocenters. The summed E-state index contributed by atoms with van der Waals surface area (Å²) in [5.74, 6) is 1.94. The minimum Gasteiger partial charge on any atom is -0.409 e. The lowest BCUT2D eigenvalue weighted by atomic mass is 9.80. The summed E-state index contributed by atoms with van der Waals surface area (Å²) in [5.41, 5.74) is 5.45. The lowest BCUT2D eigenvalue weighted by Gasteiger charge is -2.32. The van der Waals surface area contributed by atoms with Crippen molar-refractivity contribution in [3.63, 3.8) is 0 Å². The monoisotopic (exact) mass is 284 g/mol. The van der Waals surface area contributed by atoms with E-state index in [-0.39, 0.29) is 5.41 Å². The van der Waals surface area contributed by atoms with Crippen LogP contribution in [0.1, 0.15) is 66.2 Å². The van der Waals surface area contributed by atoms with Crippen LogP contribution in [0.2, 0.25) is 0 Å². The van der Waals surface area contributed by atoms with Crippen LogP contribution in [0.5, 0.6) is 0 Å². The molecule has 3 N–H and O–H groups in total. The summed E-state index contributed by atoms with van der Waals surface area (Å²) in [6.07, 6.45) is 7.17. The molecule has 1 fully saturated rings. The second kappa shape index (κ2) is 7.87. The van der Waals surface area contributed by atoms with Gasteiger partial charge in [-0.3, -0.25) is 0 Å². The molecule has 4 heteroatoms. The maximum Gasteiger partial charge on any atom is 0.144 e. The maximum absolute atomic E-state index is 8.73. The quantitative estimate of drug-likeness (QED) is 0.246. The van der Waals surface area contributed by atoms with Crippen LogP contribution in [-0.4, -0.2) is 23.8 Å². The zero-order chi connectivity index (χ0) is 15.2. The molecule has 3 unspecified atom stereocenters. The summed E-state index contributed by atoms with van der Waals surface area (Å²) in [5, 5.41) is 11.8. The molecule has 1 aliphatic carbocycles. The largest absolute Gasteiger partial charge is 0.409 e. The minimum absolute atomic E-state index is 0.233. The van der Waals surface area contributed by atoms with E-state index in [9.17, 15) is 0 Å². The topological polar surface area (TPSA) is 67.8 Å². The Morgan fingerprint density at radius 2 is 1.95 bits per heavy atom. The second-order valence-corrected chi connectivity index (χ2v) is 7.09. The molecule has 0 amide bonds. The fourth-order valence-electron chi connectivity index (χ4n) is 2.83. The molecule has 1 aliphatic rings. The van der Waals surface area contributed by atoms with Gasteiger partial charge in [0.25, 0.3) is 0 Å². The molecule has 0 radical (unpaired) electrons. The van der Waals surface area contributed by atoms with Gasteiger partial charge in [0.15, 0.2) is 0 Å². The molecule has 20 heavy (non-hydrogen) atoms. The molecular weight excluding hydrogens is 252 g/mol. The Bertz CT molecular complexity index is 316. The Balaban J connectivity index is 2.14. The highest BCUT2D eigenvalue weighted by molar-refractivity contribution is 5.85. The van der Waals surface area contributed by atoms with E-state index >= 15 is 0 Å². The standard InChI is InChI=1S/C16H32N2O2/c1-12-7-8-14(11-13(12)2)20-10-6-5-9-16(3,4)15(17)18-19/h12-14,19H,5-11H2,1-4H3,(H2,17,18). The van der Waals surface area contributed by atoms with Crippen molar-refractivity contribution in [3.8, 4) is 0 Å². The fraction of sp³-hybridized carbons (Fsp3) is 0.938. The molecule has 0 aromatic carbocycles. The molecule has 0 aromatic heterocycles. The number of unbranched alkanes of at least 4 members (excludes halogenated alkanes) is 1. The first-order chi connectivity index (χ1) is 9.36. The molecule has 0 bridgehead atoms. The number of rotatable bonds is 7. The number of amidine groups is 1. The molecule has 0 saturated heterocycles. The highest BCUT2D eigenvalue weighted by Crippen LogP contribution is 2.31. The predicted octanol–water partition coefficient (Wildman–Crippen LogP) is 3.77. The van der Waals surface area contributed by atoms with Gasteiger partial charge in [0.05, 0.1) is 6.10 Å². The molecule has 1 saturated carbocycles. The van der Waals surface area contributed by atoms with Crippen LogP contribution in [0.15, 0.2) is 5.16 Å². The summed E-state index contributed by atoms with van der Waals surface area (Å²) in [7, 11) is 0. The highest BCUT2D eigenvalue weighted by atomic mass is 16.5. The smallest absolute Gasteiger partial charge is 0.144 e. The van der Waals surface area contributed by atoms with Crippen molar-refractivity contribution in [1.82, 2.24) is 0 Å². The van der Waals surface area contributed by atoms with Gasteiger partial charge < -0.3 is 15.7 Å². The van der Waals surface area contributed by atoms with Crippen LogP contribution in [0.3, 0.4) is 0 Å². The SMILES string of the molecule is CC1CCC(OCCCCC(C)(C)C(N)=NO)CC1C. The Labute approximate surface area is 123 Å². The lowest BCUT2D eigenvalue weighted by Crippen LogP contribution is -2.32. The van der Waals surface area contributed by atoms with Gasteiger partial charge in [0.2, 0.25) is 0 Å². The Kier molecular flexibility index (Phi) is 6.80. The van der Waals surface area contributed by atoms with Gasteiger partial charge in [0, 0.05) is 12.0 Å². The molecule has 0 spiro atoms. The second-order valence-electron chi connectivity index (χ2n) is 7.09. The first kappa shape index (κ1) is 17.3. The molecule has 1 rings (SSSR count). The molecule has 0 aromatic rings. The summed E-state index contributed by atoms with van der Waals surface area (Å²) >= 11 is 0. The fourth-order valence-corrected chi connectivity index (χ4v) is 2.83. The first-order valence-corrected chi connectivity index (χ1v) is 7.96. The van der Waals surface area contributed by atoms with Crippen molar-refractivity contribution in [2.45, 2.75) is 72.3 Å². The maximum atomic E-state index is 8.73. The van der Waals surface area contributed by atoms with Crippen molar-refractivity contribution in [3.05, 3.63) is 0 Å². The van der Waals surface area contributed by atoms with E-state index in [1.807, 2.05) is 13.8 Å². The zero-order valence-corrected chi connectivity index (χ0v) is 13.6. The number of nitrogens with zero attached hydrogens (tertiary/aromatic N) is 1. The van der Waals surface area contributed by atoms with Crippen LogP contribution in [-0.2, 0) is 4.74 Å². The van der Waals surface area contributed by atoms with E-state index in [2.05, 4.69) is 19.0 Å². The van der Waals surface area contributed by atoms with Gasteiger partial charge in [-0.25, -0.2) is 0 Å². The van der Waals surface area contributed by atoms with Gasteiger partial charge in [0.1, 0.15) is 5.84 Å². The molecular formula is C16H32N2O2. The molecule has 118 valence electrons. The van der Waals surface area contributed by atoms with Crippen molar-refractivity contribution in [2.24, 2.45) is 28.1 Å². The Morgan fingerprint density at radius 1 is 1.25 bits per heavy atom. The zero-order valence-electron chi connectivity index (χ0n) is 13.6. The average Bonchev–Trinajstić information content (AvgIpc) is 2.41. The van der Waals surface area contributed by atoms with E-state index in [0.29, 0.717) is 11.9 Å². The number of ether oxygens (including phenoxy) is 1. The van der Waals surface area contributed by atoms with Crippen LogP contribution in [0.4, 0.5) is 0 Å². The highest BCUT2D eigenvalue weighted by Gasteiger charge is 2.25. The van der Waals surface area contributed by atoms with Gasteiger partial charge in [-0.05, 0) is 43.9 Å². The Hall–Kier alpha value is -0.770. The Morgan fingerprint density at radius 3 is 2.55 bits per heavy atom. The average molecular weight is 284 g/mol. The summed E-state index contributed by atoms with van der Waals surface area (Å²) in [4.78, 5) is 0. The van der Waals surface area contributed by atoms with Gasteiger partial charge in [-0.1, -0.05) is 39.3 Å². The third-order valence-corrected chi connectivity index (χ3v) is 4.90. The van der Waals surface area contributed by atoms with Crippen LogP contribution < -0.4 is 5.73 Å². The van der Waals surface area contributed by atoms with Crippen molar-refractivity contribution in [2.75, 3.05) is 6.61 Å². The van der Waals surface area contributed by atoms with E-state index in [0.717, 1.165) is 37.7 Å². The minimum atomic E-state index is -0.233. The van der Waals surface area contributed by atoms with Gasteiger partial charge in [-0.15, -0.1) is 0 Å². The van der Waals surface area contributed by atoms with E-state index < -0.39 is 0 Å². The summed E-state index contributed by atoms with van der Waals surface area (Å²) in [6, 6.07) is 0. The van der Waals surface area contributed by atoms with Gasteiger partial charge >= 0.3 is 0 Å². The van der Waals surface area contributed by atoms with E-state index in [1.165, 1.54) is 19.3 Å². The van der Waals surface area contributed by atoms with Crippen molar-refractivity contribution >= 4 is 5.84 Å². The third-order valence-electron chi connectivity index (χ3n) is 4.90. The van der Waals surface area contributed by atoms with Crippen LogP contribution in [0.25, 0.3) is 0 Å². The predicted molar refractivity (Wildman–Crippen MR) is 83.0 cm³/mol. The normalized spacial score (nSPS) is 28.6. The van der Waals surface area contributed by atoms with E-state index in [4.69, 9.17) is 15.7 Å². The molecule has 0 aliphatic heterocycles. The van der Waals surface area contributed by atoms with Crippen LogP contribution in [0, 0.1) is 17.3 Å². The number of hydrogen-bond acceptors (Lipinski definition) is 3. The van der Waals surface area contributed by atoms with Crippen molar-refractivity contribution < 1.29 is 9.94 Å². The first-order valence-electron chi connectivity index (χ1n) is 7.96. The van der Waals surface area contributed by atoms with Gasteiger partial charge in [-0.2, -0.15) is 0 Å². The molecule has 0 heterocycles. The summed E-state index contributed by atoms with van der Waals surface area (Å²) in [6.45, 7) is 9.52.